The average molecular weight is 403 g/mol. The van der Waals surface area contributed by atoms with Gasteiger partial charge in [0, 0.05) is 25.1 Å². The molecule has 4 rings (SSSR count). The molecule has 1 fully saturated rings. The molecule has 0 radical (unpaired) electrons. The smallest absolute Gasteiger partial charge is 0.240 e. The highest BCUT2D eigenvalue weighted by Gasteiger charge is 2.26. The van der Waals surface area contributed by atoms with Crippen molar-refractivity contribution in [2.75, 3.05) is 32.8 Å². The van der Waals surface area contributed by atoms with Crippen molar-refractivity contribution in [3.8, 4) is 11.5 Å². The van der Waals surface area contributed by atoms with Crippen LogP contribution in [0.15, 0.2) is 53.4 Å². The molecule has 2 aromatic carbocycles. The number of hydrogen-bond acceptors (Lipinski definition) is 5. The summed E-state index contributed by atoms with van der Waals surface area (Å²) in [5.74, 6) is 1.08. The zero-order valence-corrected chi connectivity index (χ0v) is 16.7. The molecule has 2 aliphatic rings. The number of hydrogen-bond donors (Lipinski definition) is 1. The maximum Gasteiger partial charge on any atom is 0.240 e. The second-order valence-corrected chi connectivity index (χ2v) is 8.95. The Morgan fingerprint density at radius 1 is 0.929 bits per heavy atom. The lowest BCUT2D eigenvalue weighted by Crippen LogP contribution is -2.36. The van der Waals surface area contributed by atoms with E-state index >= 15 is 0 Å². The first-order valence-electron chi connectivity index (χ1n) is 9.82. The Kier molecular flexibility index (Phi) is 5.85. The van der Waals surface area contributed by atoms with Crippen LogP contribution in [-0.4, -0.2) is 46.2 Å². The quantitative estimate of drug-likeness (QED) is 0.805. The highest BCUT2D eigenvalue weighted by molar-refractivity contribution is 7.89. The van der Waals surface area contributed by atoms with Crippen molar-refractivity contribution in [1.29, 1.82) is 0 Å². The third-order valence-electron chi connectivity index (χ3n) is 5.26. The zero-order valence-electron chi connectivity index (χ0n) is 15.8. The number of ether oxygens (including phenoxy) is 2. The van der Waals surface area contributed by atoms with Crippen molar-refractivity contribution in [3.63, 3.8) is 0 Å². The van der Waals surface area contributed by atoms with Gasteiger partial charge in [-0.3, -0.25) is 4.90 Å². The van der Waals surface area contributed by atoms with Crippen LogP contribution in [0.2, 0.25) is 0 Å². The Hall–Kier alpha value is -2.09. The van der Waals surface area contributed by atoms with Crippen molar-refractivity contribution >= 4 is 10.0 Å². The molecule has 1 saturated heterocycles. The molecule has 150 valence electrons. The molecular weight excluding hydrogens is 376 g/mol. The Morgan fingerprint density at radius 2 is 1.64 bits per heavy atom. The van der Waals surface area contributed by atoms with Crippen LogP contribution in [0.5, 0.6) is 11.5 Å². The van der Waals surface area contributed by atoms with Gasteiger partial charge < -0.3 is 9.47 Å². The van der Waals surface area contributed by atoms with E-state index in [1.807, 2.05) is 18.2 Å². The van der Waals surface area contributed by atoms with Crippen LogP contribution in [0.4, 0.5) is 0 Å². The van der Waals surface area contributed by atoms with E-state index in [2.05, 4.69) is 21.8 Å². The van der Waals surface area contributed by atoms with Crippen LogP contribution >= 0.6 is 0 Å². The summed E-state index contributed by atoms with van der Waals surface area (Å²) in [6.07, 6.45) is 3.08. The van der Waals surface area contributed by atoms with Gasteiger partial charge in [-0.25, -0.2) is 13.1 Å². The van der Waals surface area contributed by atoms with Crippen molar-refractivity contribution in [3.05, 3.63) is 54.1 Å². The monoisotopic (exact) mass is 402 g/mol. The molecule has 0 bridgehead atoms. The first kappa shape index (κ1) is 19.2. The van der Waals surface area contributed by atoms with Gasteiger partial charge in [0.15, 0.2) is 11.5 Å². The van der Waals surface area contributed by atoms with Gasteiger partial charge >= 0.3 is 0 Å². The lowest BCUT2D eigenvalue weighted by Gasteiger charge is -2.28. The number of fused-ring (bicyclic) bond motifs is 1. The molecule has 0 aliphatic carbocycles. The molecule has 1 N–H and O–H groups in total. The lowest BCUT2D eigenvalue weighted by atomic mass is 10.1. The summed E-state index contributed by atoms with van der Waals surface area (Å²) < 4.78 is 39.9. The van der Waals surface area contributed by atoms with E-state index in [0.29, 0.717) is 31.3 Å². The largest absolute Gasteiger partial charge is 0.490 e. The first-order chi connectivity index (χ1) is 13.6. The molecule has 6 nitrogen and oxygen atoms in total. The van der Waals surface area contributed by atoms with Gasteiger partial charge in [0.1, 0.15) is 0 Å². The van der Waals surface area contributed by atoms with Gasteiger partial charge in [-0.05, 0) is 43.6 Å². The normalized spacial score (nSPS) is 18.6. The molecule has 2 aromatic rings. The Balaban J connectivity index is 1.52. The van der Waals surface area contributed by atoms with Crippen molar-refractivity contribution in [2.24, 2.45) is 0 Å². The number of nitrogens with zero attached hydrogens (tertiary/aromatic N) is 1. The first-order valence-corrected chi connectivity index (χ1v) is 11.3. The van der Waals surface area contributed by atoms with E-state index in [0.717, 1.165) is 37.9 Å². The summed E-state index contributed by atoms with van der Waals surface area (Å²) in [6.45, 7) is 3.42. The summed E-state index contributed by atoms with van der Waals surface area (Å²) in [5.41, 5.74) is 1.13. The molecule has 0 saturated carbocycles. The van der Waals surface area contributed by atoms with E-state index < -0.39 is 10.0 Å². The van der Waals surface area contributed by atoms with Gasteiger partial charge in [-0.1, -0.05) is 30.3 Å². The molecule has 0 amide bonds. The van der Waals surface area contributed by atoms with Crippen molar-refractivity contribution < 1.29 is 17.9 Å². The van der Waals surface area contributed by atoms with Crippen LogP contribution in [0.25, 0.3) is 0 Å². The Morgan fingerprint density at radius 3 is 2.39 bits per heavy atom. The van der Waals surface area contributed by atoms with Crippen molar-refractivity contribution in [1.82, 2.24) is 9.62 Å². The van der Waals surface area contributed by atoms with E-state index in [1.54, 1.807) is 18.2 Å². The van der Waals surface area contributed by atoms with E-state index in [-0.39, 0.29) is 10.9 Å². The second kappa shape index (κ2) is 8.51. The molecule has 0 unspecified atom stereocenters. The topological polar surface area (TPSA) is 67.9 Å². The number of rotatable bonds is 6. The van der Waals surface area contributed by atoms with Crippen LogP contribution in [0.1, 0.15) is 30.9 Å². The molecule has 2 aliphatic heterocycles. The van der Waals surface area contributed by atoms with Crippen LogP contribution in [-0.2, 0) is 10.0 Å². The summed E-state index contributed by atoms with van der Waals surface area (Å²) >= 11 is 0. The zero-order chi connectivity index (χ0) is 19.4. The van der Waals surface area contributed by atoms with E-state index in [1.165, 1.54) is 0 Å². The van der Waals surface area contributed by atoms with Crippen LogP contribution < -0.4 is 14.2 Å². The molecular formula is C21H26N2O4S. The molecule has 7 heteroatoms. The van der Waals surface area contributed by atoms with E-state index in [9.17, 15) is 8.42 Å². The van der Waals surface area contributed by atoms with Gasteiger partial charge in [0.2, 0.25) is 10.0 Å². The fourth-order valence-corrected chi connectivity index (χ4v) is 4.82. The number of benzene rings is 2. The second-order valence-electron chi connectivity index (χ2n) is 7.18. The Labute approximate surface area is 166 Å². The molecule has 0 spiro atoms. The fourth-order valence-electron chi connectivity index (χ4n) is 3.77. The summed E-state index contributed by atoms with van der Waals surface area (Å²) in [5, 5.41) is 0. The predicted octanol–water partition coefficient (Wildman–Crippen LogP) is 2.96. The molecule has 0 aromatic heterocycles. The lowest BCUT2D eigenvalue weighted by molar-refractivity contribution is 0.246. The summed E-state index contributed by atoms with van der Waals surface area (Å²) in [4.78, 5) is 2.55. The molecule has 28 heavy (non-hydrogen) atoms. The predicted molar refractivity (Wildman–Crippen MR) is 107 cm³/mol. The number of nitrogens with one attached hydrogen (secondary N) is 1. The minimum Gasteiger partial charge on any atom is -0.490 e. The Bertz CT molecular complexity index is 896. The average Bonchev–Trinajstić information content (AvgIpc) is 3.13. The summed E-state index contributed by atoms with van der Waals surface area (Å²) in [6, 6.07) is 14.9. The maximum absolute atomic E-state index is 12.9. The van der Waals surface area contributed by atoms with E-state index in [4.69, 9.17) is 9.47 Å². The van der Waals surface area contributed by atoms with Gasteiger partial charge in [0.05, 0.1) is 18.1 Å². The van der Waals surface area contributed by atoms with Crippen LogP contribution in [0, 0.1) is 0 Å². The van der Waals surface area contributed by atoms with Crippen LogP contribution in [0.3, 0.4) is 0 Å². The minimum atomic E-state index is -3.65. The standard InChI is InChI=1S/C21H26N2O4S/c24-28(25,18-9-10-20-21(15-18)27-14-6-13-26-20)22-16-19(23-11-4-5-12-23)17-7-2-1-3-8-17/h1-3,7-10,15,19,22H,4-6,11-14,16H2/t19-/m0/s1. The highest BCUT2D eigenvalue weighted by Crippen LogP contribution is 2.32. The fraction of sp³-hybridized carbons (Fsp3) is 0.429. The third-order valence-corrected chi connectivity index (χ3v) is 6.68. The van der Waals surface area contributed by atoms with Gasteiger partial charge in [-0.2, -0.15) is 0 Å². The van der Waals surface area contributed by atoms with Crippen molar-refractivity contribution in [2.45, 2.75) is 30.2 Å². The minimum absolute atomic E-state index is 0.0267. The summed E-state index contributed by atoms with van der Waals surface area (Å²) in [7, 11) is -3.65. The number of sulfonamides is 1. The number of likely N-dealkylation sites (tertiary alicyclic amines) is 1. The third kappa shape index (κ3) is 4.32. The molecule has 2 heterocycles. The van der Waals surface area contributed by atoms with Gasteiger partial charge in [0.25, 0.3) is 0 Å². The molecule has 1 atom stereocenters. The maximum atomic E-state index is 12.9. The highest BCUT2D eigenvalue weighted by atomic mass is 32.2. The SMILES string of the molecule is O=S(=O)(NC[C@@H](c1ccccc1)N1CCCC1)c1ccc2c(c1)OCCCO2. The van der Waals surface area contributed by atoms with Gasteiger partial charge in [-0.15, -0.1) is 0 Å².